The minimum Gasteiger partial charge on any atom is -0.392 e. The molecule has 0 aliphatic carbocycles. The number of amides is 1. The zero-order valence-corrected chi connectivity index (χ0v) is 11.5. The average molecular weight is 255 g/mol. The fourth-order valence-corrected chi connectivity index (χ4v) is 3.00. The second-order valence-corrected chi connectivity index (χ2v) is 5.82. The monoisotopic (exact) mass is 255 g/mol. The van der Waals surface area contributed by atoms with Gasteiger partial charge in [-0.3, -0.25) is 9.69 Å². The van der Waals surface area contributed by atoms with Crippen molar-refractivity contribution < 1.29 is 9.90 Å². The van der Waals surface area contributed by atoms with Crippen LogP contribution >= 0.6 is 0 Å². The molecule has 0 spiro atoms. The zero-order chi connectivity index (χ0) is 13.1. The van der Waals surface area contributed by atoms with Gasteiger partial charge in [-0.05, 0) is 33.4 Å². The van der Waals surface area contributed by atoms with Crippen LogP contribution in [0.2, 0.25) is 0 Å². The van der Waals surface area contributed by atoms with Gasteiger partial charge in [0.05, 0.1) is 12.6 Å². The third kappa shape index (κ3) is 3.43. The molecular weight excluding hydrogens is 230 g/mol. The fraction of sp³-hybridized carbons (Fsp3) is 0.923. The smallest absolute Gasteiger partial charge is 0.236 e. The van der Waals surface area contributed by atoms with Gasteiger partial charge in [0.25, 0.3) is 0 Å². The Labute approximate surface area is 109 Å². The third-order valence-corrected chi connectivity index (χ3v) is 3.88. The maximum atomic E-state index is 12.1. The summed E-state index contributed by atoms with van der Waals surface area (Å²) in [6.07, 6.45) is 2.78. The minimum absolute atomic E-state index is 0.227. The van der Waals surface area contributed by atoms with Gasteiger partial charge in [0.1, 0.15) is 0 Å². The van der Waals surface area contributed by atoms with Gasteiger partial charge in [-0.15, -0.1) is 0 Å². The fourth-order valence-electron chi connectivity index (χ4n) is 3.00. The van der Waals surface area contributed by atoms with Crippen LogP contribution in [0.3, 0.4) is 0 Å². The number of nitrogens with zero attached hydrogens (tertiary/aromatic N) is 3. The largest absolute Gasteiger partial charge is 0.392 e. The van der Waals surface area contributed by atoms with E-state index in [1.165, 1.54) is 0 Å². The zero-order valence-electron chi connectivity index (χ0n) is 11.5. The number of carbonyl (C=O) groups excluding carboxylic acids is 1. The van der Waals surface area contributed by atoms with Crippen molar-refractivity contribution in [3.8, 4) is 0 Å². The third-order valence-electron chi connectivity index (χ3n) is 3.88. The number of hydrogen-bond donors (Lipinski definition) is 1. The molecule has 2 aliphatic rings. The minimum atomic E-state index is -0.277. The first-order valence-electron chi connectivity index (χ1n) is 6.91. The van der Waals surface area contributed by atoms with Gasteiger partial charge < -0.3 is 14.9 Å². The van der Waals surface area contributed by atoms with Gasteiger partial charge in [0.15, 0.2) is 0 Å². The number of hydrogen-bond acceptors (Lipinski definition) is 4. The highest BCUT2D eigenvalue weighted by molar-refractivity contribution is 5.78. The van der Waals surface area contributed by atoms with Crippen LogP contribution in [-0.4, -0.2) is 84.7 Å². The van der Waals surface area contributed by atoms with Crippen LogP contribution in [0.1, 0.15) is 19.3 Å². The van der Waals surface area contributed by atoms with Crippen LogP contribution in [0.15, 0.2) is 0 Å². The van der Waals surface area contributed by atoms with E-state index in [4.69, 9.17) is 0 Å². The first-order chi connectivity index (χ1) is 8.56. The molecule has 0 radical (unpaired) electrons. The van der Waals surface area contributed by atoms with E-state index in [1.807, 2.05) is 19.0 Å². The predicted octanol–water partition coefficient (Wildman–Crippen LogP) is -0.394. The molecule has 1 amide bonds. The summed E-state index contributed by atoms with van der Waals surface area (Å²) in [6, 6.07) is 0.307. The topological polar surface area (TPSA) is 47.0 Å². The second kappa shape index (κ2) is 5.99. The molecule has 5 nitrogen and oxygen atoms in total. The molecule has 18 heavy (non-hydrogen) atoms. The van der Waals surface area contributed by atoms with E-state index < -0.39 is 0 Å². The SMILES string of the molecule is CN(C)CC1CC(O)CN1CC(=O)N1CCCC1. The highest BCUT2D eigenvalue weighted by Gasteiger charge is 2.33. The lowest BCUT2D eigenvalue weighted by Gasteiger charge is -2.27. The van der Waals surface area contributed by atoms with Crippen LogP contribution in [0.5, 0.6) is 0 Å². The number of rotatable bonds is 4. The summed E-state index contributed by atoms with van der Waals surface area (Å²) in [5.74, 6) is 0.227. The average Bonchev–Trinajstić information content (AvgIpc) is 2.88. The molecule has 2 unspecified atom stereocenters. The number of β-amino-alcohol motifs (C(OH)–C–C–N with tert-alkyl or cyclic N) is 1. The quantitative estimate of drug-likeness (QED) is 0.743. The van der Waals surface area contributed by atoms with Crippen molar-refractivity contribution in [2.24, 2.45) is 0 Å². The lowest BCUT2D eigenvalue weighted by atomic mass is 10.2. The molecule has 5 heteroatoms. The first-order valence-corrected chi connectivity index (χ1v) is 6.91. The van der Waals surface area contributed by atoms with E-state index >= 15 is 0 Å². The van der Waals surface area contributed by atoms with Crippen LogP contribution in [0, 0.1) is 0 Å². The maximum absolute atomic E-state index is 12.1. The lowest BCUT2D eigenvalue weighted by molar-refractivity contribution is -0.131. The van der Waals surface area contributed by atoms with E-state index in [0.717, 1.165) is 38.9 Å². The van der Waals surface area contributed by atoms with Gasteiger partial charge in [0.2, 0.25) is 5.91 Å². The van der Waals surface area contributed by atoms with Gasteiger partial charge in [-0.25, -0.2) is 0 Å². The van der Waals surface area contributed by atoms with Gasteiger partial charge >= 0.3 is 0 Å². The first kappa shape index (κ1) is 13.8. The Balaban J connectivity index is 1.87. The molecule has 2 rings (SSSR count). The van der Waals surface area contributed by atoms with Gasteiger partial charge in [0, 0.05) is 32.2 Å². The number of carbonyl (C=O) groups is 1. The predicted molar refractivity (Wildman–Crippen MR) is 70.4 cm³/mol. The summed E-state index contributed by atoms with van der Waals surface area (Å²) in [5.41, 5.74) is 0. The van der Waals surface area contributed by atoms with Crippen LogP contribution in [0.4, 0.5) is 0 Å². The molecule has 0 saturated carbocycles. The Kier molecular flexibility index (Phi) is 4.59. The molecule has 2 atom stereocenters. The van der Waals surface area contributed by atoms with Crippen molar-refractivity contribution >= 4 is 5.91 Å². The van der Waals surface area contributed by atoms with Crippen molar-refractivity contribution in [1.82, 2.24) is 14.7 Å². The number of likely N-dealkylation sites (tertiary alicyclic amines) is 2. The summed E-state index contributed by atoms with van der Waals surface area (Å²) in [7, 11) is 4.07. The van der Waals surface area contributed by atoms with E-state index in [0.29, 0.717) is 19.1 Å². The Hall–Kier alpha value is -0.650. The van der Waals surface area contributed by atoms with Crippen molar-refractivity contribution in [2.75, 3.05) is 46.8 Å². The molecule has 2 heterocycles. The van der Waals surface area contributed by atoms with Crippen molar-refractivity contribution in [1.29, 1.82) is 0 Å². The highest BCUT2D eigenvalue weighted by Crippen LogP contribution is 2.19. The Morgan fingerprint density at radius 3 is 2.61 bits per heavy atom. The van der Waals surface area contributed by atoms with Crippen molar-refractivity contribution in [2.45, 2.75) is 31.4 Å². The normalized spacial score (nSPS) is 29.4. The van der Waals surface area contributed by atoms with Gasteiger partial charge in [-0.2, -0.15) is 0 Å². The Morgan fingerprint density at radius 1 is 1.33 bits per heavy atom. The van der Waals surface area contributed by atoms with Crippen molar-refractivity contribution in [3.63, 3.8) is 0 Å². The number of aliphatic hydroxyl groups excluding tert-OH is 1. The molecule has 2 aliphatic heterocycles. The van der Waals surface area contributed by atoms with E-state index in [9.17, 15) is 9.90 Å². The van der Waals surface area contributed by atoms with Crippen LogP contribution < -0.4 is 0 Å². The molecule has 0 aromatic carbocycles. The molecule has 2 saturated heterocycles. The summed E-state index contributed by atoms with van der Waals surface area (Å²) < 4.78 is 0. The second-order valence-electron chi connectivity index (χ2n) is 5.82. The molecule has 0 bridgehead atoms. The summed E-state index contributed by atoms with van der Waals surface area (Å²) in [6.45, 7) is 3.83. The standard InChI is InChI=1S/C13H25N3O2/c1-14(2)8-11-7-12(17)9-16(11)10-13(18)15-5-3-4-6-15/h11-12,17H,3-10H2,1-2H3. The highest BCUT2D eigenvalue weighted by atomic mass is 16.3. The number of likely N-dealkylation sites (N-methyl/N-ethyl adjacent to an activating group) is 1. The summed E-state index contributed by atoms with van der Waals surface area (Å²) in [5, 5.41) is 9.78. The molecule has 2 fully saturated rings. The van der Waals surface area contributed by atoms with Gasteiger partial charge in [-0.1, -0.05) is 0 Å². The molecule has 104 valence electrons. The molecule has 0 aromatic heterocycles. The number of aliphatic hydroxyl groups is 1. The lowest BCUT2D eigenvalue weighted by Crippen LogP contribution is -2.44. The molecular formula is C13H25N3O2. The molecule has 1 N–H and O–H groups in total. The Bertz CT molecular complexity index is 290. The van der Waals surface area contributed by atoms with Crippen LogP contribution in [0.25, 0.3) is 0 Å². The summed E-state index contributed by atoms with van der Waals surface area (Å²) in [4.78, 5) is 18.3. The van der Waals surface area contributed by atoms with E-state index in [-0.39, 0.29) is 12.0 Å². The van der Waals surface area contributed by atoms with E-state index in [2.05, 4.69) is 9.80 Å². The summed E-state index contributed by atoms with van der Waals surface area (Å²) >= 11 is 0. The van der Waals surface area contributed by atoms with Crippen molar-refractivity contribution in [3.05, 3.63) is 0 Å². The van der Waals surface area contributed by atoms with E-state index in [1.54, 1.807) is 0 Å². The van der Waals surface area contributed by atoms with Crippen LogP contribution in [-0.2, 0) is 4.79 Å². The Morgan fingerprint density at radius 2 is 2.00 bits per heavy atom. The molecule has 0 aromatic rings. The maximum Gasteiger partial charge on any atom is 0.236 e.